The van der Waals surface area contributed by atoms with E-state index in [1.54, 1.807) is 12.1 Å². The molecule has 1 saturated heterocycles. The van der Waals surface area contributed by atoms with Gasteiger partial charge in [-0.05, 0) is 31.2 Å². The van der Waals surface area contributed by atoms with E-state index in [1.807, 2.05) is 28.8 Å². The van der Waals surface area contributed by atoms with Crippen LogP contribution >= 0.6 is 11.8 Å². The third-order valence-corrected chi connectivity index (χ3v) is 4.34. The molecule has 19 heavy (non-hydrogen) atoms. The average molecular weight is 280 g/mol. The number of ether oxygens (including phenoxy) is 1. The van der Waals surface area contributed by atoms with Crippen LogP contribution in [0.5, 0.6) is 5.75 Å². The van der Waals surface area contributed by atoms with E-state index in [0.29, 0.717) is 24.8 Å². The third kappa shape index (κ3) is 4.06. The number of hydrogen-bond donors (Lipinski definition) is 1. The zero-order chi connectivity index (χ0) is 13.7. The van der Waals surface area contributed by atoms with Gasteiger partial charge >= 0.3 is 0 Å². The fraction of sp³-hybridized carbons (Fsp3) is 0.500. The van der Waals surface area contributed by atoms with Crippen molar-refractivity contribution in [3.8, 4) is 5.75 Å². The lowest BCUT2D eigenvalue weighted by atomic mass is 10.2. The minimum atomic E-state index is 0.184. The Morgan fingerprint density at radius 1 is 1.47 bits per heavy atom. The molecule has 1 heterocycles. The number of carbonyl (C=O) groups is 1. The lowest BCUT2D eigenvalue weighted by molar-refractivity contribution is -0.133. The van der Waals surface area contributed by atoms with Crippen LogP contribution in [0.15, 0.2) is 24.3 Å². The van der Waals surface area contributed by atoms with Crippen molar-refractivity contribution in [1.82, 2.24) is 4.90 Å². The van der Waals surface area contributed by atoms with Gasteiger partial charge in [-0.3, -0.25) is 4.79 Å². The number of nitrogens with zero attached hydrogens (tertiary/aromatic N) is 1. The molecule has 0 aromatic heterocycles. The van der Waals surface area contributed by atoms with E-state index in [2.05, 4.69) is 6.92 Å². The smallest absolute Gasteiger partial charge is 0.226 e. The molecule has 0 radical (unpaired) electrons. The monoisotopic (exact) mass is 280 g/mol. The fourth-order valence-electron chi connectivity index (χ4n) is 2.06. The predicted molar refractivity (Wildman–Crippen MR) is 79.5 cm³/mol. The number of nitrogens with two attached hydrogens (primary N) is 1. The van der Waals surface area contributed by atoms with Crippen molar-refractivity contribution in [1.29, 1.82) is 0 Å². The molecule has 1 aromatic carbocycles. The molecule has 2 N–H and O–H groups in total. The molecule has 2 rings (SSSR count). The van der Waals surface area contributed by atoms with Crippen LogP contribution in [-0.4, -0.2) is 41.5 Å². The molecule has 4 nitrogen and oxygen atoms in total. The minimum absolute atomic E-state index is 0.184. The molecule has 1 fully saturated rings. The molecule has 104 valence electrons. The van der Waals surface area contributed by atoms with Gasteiger partial charge in [0.15, 0.2) is 0 Å². The maximum absolute atomic E-state index is 12.1. The highest BCUT2D eigenvalue weighted by molar-refractivity contribution is 7.99. The molecule has 0 saturated carbocycles. The molecule has 1 amide bonds. The van der Waals surface area contributed by atoms with E-state index in [1.165, 1.54) is 0 Å². The van der Waals surface area contributed by atoms with Gasteiger partial charge in [-0.15, -0.1) is 0 Å². The van der Waals surface area contributed by atoms with Crippen molar-refractivity contribution in [3.63, 3.8) is 0 Å². The van der Waals surface area contributed by atoms with Gasteiger partial charge in [0.05, 0.1) is 13.0 Å². The zero-order valence-electron chi connectivity index (χ0n) is 11.2. The van der Waals surface area contributed by atoms with Crippen molar-refractivity contribution in [3.05, 3.63) is 24.3 Å². The summed E-state index contributed by atoms with van der Waals surface area (Å²) < 4.78 is 5.55. The van der Waals surface area contributed by atoms with Gasteiger partial charge in [0.25, 0.3) is 0 Å². The second kappa shape index (κ2) is 6.70. The van der Waals surface area contributed by atoms with Crippen LogP contribution < -0.4 is 10.5 Å². The van der Waals surface area contributed by atoms with Gasteiger partial charge in [-0.25, -0.2) is 0 Å². The molecular formula is C14H20N2O2S. The lowest BCUT2D eigenvalue weighted by Gasteiger charge is -2.33. The Bertz CT molecular complexity index is 422. The van der Waals surface area contributed by atoms with Crippen molar-refractivity contribution in [2.75, 3.05) is 30.4 Å². The van der Waals surface area contributed by atoms with Gasteiger partial charge in [0.2, 0.25) is 5.91 Å². The Morgan fingerprint density at radius 3 is 2.89 bits per heavy atom. The number of hydrogen-bond acceptors (Lipinski definition) is 4. The summed E-state index contributed by atoms with van der Waals surface area (Å²) in [4.78, 5) is 14.0. The lowest BCUT2D eigenvalue weighted by Crippen LogP contribution is -2.44. The molecule has 1 atom stereocenters. The largest absolute Gasteiger partial charge is 0.493 e. The van der Waals surface area contributed by atoms with E-state index >= 15 is 0 Å². The third-order valence-electron chi connectivity index (χ3n) is 3.15. The quantitative estimate of drug-likeness (QED) is 0.857. The molecule has 0 bridgehead atoms. The fourth-order valence-corrected chi connectivity index (χ4v) is 3.08. The van der Waals surface area contributed by atoms with E-state index in [9.17, 15) is 4.79 Å². The van der Waals surface area contributed by atoms with Crippen LogP contribution in [0.25, 0.3) is 0 Å². The van der Waals surface area contributed by atoms with Crippen molar-refractivity contribution in [2.45, 2.75) is 19.4 Å². The molecule has 0 aliphatic carbocycles. The van der Waals surface area contributed by atoms with Gasteiger partial charge in [-0.1, -0.05) is 0 Å². The van der Waals surface area contributed by atoms with Crippen molar-refractivity contribution in [2.24, 2.45) is 0 Å². The number of amides is 1. The summed E-state index contributed by atoms with van der Waals surface area (Å²) in [5.41, 5.74) is 6.31. The van der Waals surface area contributed by atoms with Gasteiger partial charge in [-0.2, -0.15) is 11.8 Å². The summed E-state index contributed by atoms with van der Waals surface area (Å²) in [6.07, 6.45) is 0.430. The first-order chi connectivity index (χ1) is 9.16. The summed E-state index contributed by atoms with van der Waals surface area (Å²) in [7, 11) is 0. The Morgan fingerprint density at radius 2 is 2.21 bits per heavy atom. The second-order valence-corrected chi connectivity index (χ2v) is 5.83. The number of rotatable bonds is 4. The Kier molecular flexibility index (Phi) is 4.96. The van der Waals surface area contributed by atoms with Gasteiger partial charge in [0.1, 0.15) is 5.75 Å². The van der Waals surface area contributed by atoms with E-state index in [4.69, 9.17) is 10.5 Å². The molecule has 1 aromatic rings. The molecule has 1 aliphatic heterocycles. The van der Waals surface area contributed by atoms with Crippen LogP contribution in [0, 0.1) is 0 Å². The van der Waals surface area contributed by atoms with Crippen molar-refractivity contribution >= 4 is 23.4 Å². The van der Waals surface area contributed by atoms with Crippen LogP contribution in [0.1, 0.15) is 13.3 Å². The Balaban J connectivity index is 1.75. The molecule has 1 unspecified atom stereocenters. The predicted octanol–water partition coefficient (Wildman–Crippen LogP) is 2.00. The number of anilines is 1. The van der Waals surface area contributed by atoms with Crippen LogP contribution in [0.4, 0.5) is 5.69 Å². The summed E-state index contributed by atoms with van der Waals surface area (Å²) in [5, 5.41) is 0. The highest BCUT2D eigenvalue weighted by atomic mass is 32.2. The highest BCUT2D eigenvalue weighted by Gasteiger charge is 2.22. The van der Waals surface area contributed by atoms with Crippen LogP contribution in [0.3, 0.4) is 0 Å². The number of thioether (sulfide) groups is 1. The summed E-state index contributed by atoms with van der Waals surface area (Å²) >= 11 is 1.91. The first kappa shape index (κ1) is 14.1. The maximum Gasteiger partial charge on any atom is 0.226 e. The average Bonchev–Trinajstić information content (AvgIpc) is 2.41. The maximum atomic E-state index is 12.1. The number of benzene rings is 1. The van der Waals surface area contributed by atoms with Crippen molar-refractivity contribution < 1.29 is 9.53 Å². The standard InChI is InChI=1S/C14H20N2O2S/c1-11-10-19-9-7-16(11)14(17)6-8-18-13-4-2-12(15)3-5-13/h2-5,11H,6-10,15H2,1H3. The topological polar surface area (TPSA) is 55.6 Å². The SMILES string of the molecule is CC1CSCCN1C(=O)CCOc1ccc(N)cc1. The Labute approximate surface area is 118 Å². The van der Waals surface area contributed by atoms with Gasteiger partial charge < -0.3 is 15.4 Å². The molecule has 1 aliphatic rings. The molecule has 5 heteroatoms. The van der Waals surface area contributed by atoms with Crippen LogP contribution in [-0.2, 0) is 4.79 Å². The van der Waals surface area contributed by atoms with E-state index in [0.717, 1.165) is 23.8 Å². The van der Waals surface area contributed by atoms with E-state index < -0.39 is 0 Å². The normalized spacial score (nSPS) is 19.2. The minimum Gasteiger partial charge on any atom is -0.493 e. The summed E-state index contributed by atoms with van der Waals surface area (Å²) in [5.74, 6) is 3.01. The summed E-state index contributed by atoms with van der Waals surface area (Å²) in [6.45, 7) is 3.37. The van der Waals surface area contributed by atoms with E-state index in [-0.39, 0.29) is 5.91 Å². The first-order valence-corrected chi connectivity index (χ1v) is 7.68. The number of carbonyl (C=O) groups excluding carboxylic acids is 1. The summed E-state index contributed by atoms with van der Waals surface area (Å²) in [6, 6.07) is 7.56. The van der Waals surface area contributed by atoms with Crippen LogP contribution in [0.2, 0.25) is 0 Å². The zero-order valence-corrected chi connectivity index (χ0v) is 12.0. The molecule has 0 spiro atoms. The number of nitrogen functional groups attached to an aromatic ring is 1. The molecular weight excluding hydrogens is 260 g/mol. The Hall–Kier alpha value is -1.36. The van der Waals surface area contributed by atoms with Gasteiger partial charge in [0, 0.05) is 29.8 Å². The first-order valence-electron chi connectivity index (χ1n) is 6.52. The highest BCUT2D eigenvalue weighted by Crippen LogP contribution is 2.17. The second-order valence-electron chi connectivity index (χ2n) is 4.68.